The molecular weight excluding hydrogens is 228 g/mol. The Bertz CT molecular complexity index is 399. The molecule has 2 nitrogen and oxygen atoms in total. The maximum atomic E-state index is 11.9. The molecule has 17 heavy (non-hydrogen) atoms. The van der Waals surface area contributed by atoms with Gasteiger partial charge in [-0.2, -0.15) is 0 Å². The molecule has 0 N–H and O–H groups in total. The Morgan fingerprint density at radius 3 is 2.29 bits per heavy atom. The monoisotopic (exact) mass is 250 g/mol. The van der Waals surface area contributed by atoms with Gasteiger partial charge in [-0.1, -0.05) is 39.0 Å². The second-order valence-electron chi connectivity index (χ2n) is 6.59. The third-order valence-electron chi connectivity index (χ3n) is 4.36. The molecule has 0 fully saturated rings. The number of hydrogen-bond acceptors (Lipinski definition) is 2. The molecule has 0 amide bonds. The van der Waals surface area contributed by atoms with E-state index in [-0.39, 0.29) is 16.7 Å². The molecule has 2 aliphatic rings. The second kappa shape index (κ2) is 3.92. The lowest BCUT2D eigenvalue weighted by molar-refractivity contribution is -0.118. The van der Waals surface area contributed by atoms with Crippen LogP contribution in [0.2, 0.25) is 18.1 Å². The molecule has 0 aromatic rings. The van der Waals surface area contributed by atoms with Crippen molar-refractivity contribution in [2.75, 3.05) is 6.61 Å². The smallest absolute Gasteiger partial charge is 0.192 e. The van der Waals surface area contributed by atoms with Gasteiger partial charge in [0.05, 0.1) is 6.61 Å². The average Bonchev–Trinajstić information content (AvgIpc) is 2.33. The summed E-state index contributed by atoms with van der Waals surface area (Å²) in [5, 5.41) is 0.201. The van der Waals surface area contributed by atoms with Crippen molar-refractivity contribution in [3.63, 3.8) is 0 Å². The SMILES string of the molecule is CC(C)(C)[Si](C)(C)OCC1=CC2C=CC2C1=O. The summed E-state index contributed by atoms with van der Waals surface area (Å²) in [6, 6.07) is 0. The van der Waals surface area contributed by atoms with Gasteiger partial charge in [-0.25, -0.2) is 0 Å². The zero-order valence-corrected chi connectivity index (χ0v) is 12.4. The molecule has 0 radical (unpaired) electrons. The third kappa shape index (κ3) is 2.18. The summed E-state index contributed by atoms with van der Waals surface area (Å²) in [5.74, 6) is 0.768. The van der Waals surface area contributed by atoms with Crippen molar-refractivity contribution in [2.45, 2.75) is 38.9 Å². The molecule has 0 saturated carbocycles. The molecule has 0 heterocycles. The zero-order chi connectivity index (χ0) is 12.8. The Balaban J connectivity index is 1.96. The van der Waals surface area contributed by atoms with Crippen LogP contribution in [0.4, 0.5) is 0 Å². The van der Waals surface area contributed by atoms with E-state index in [2.05, 4.69) is 46.0 Å². The Morgan fingerprint density at radius 2 is 1.94 bits per heavy atom. The topological polar surface area (TPSA) is 26.3 Å². The summed E-state index contributed by atoms with van der Waals surface area (Å²) in [7, 11) is -1.74. The maximum absolute atomic E-state index is 11.9. The van der Waals surface area contributed by atoms with E-state index in [0.29, 0.717) is 12.5 Å². The van der Waals surface area contributed by atoms with Crippen LogP contribution in [0.15, 0.2) is 23.8 Å². The van der Waals surface area contributed by atoms with Gasteiger partial charge in [-0.3, -0.25) is 4.79 Å². The molecule has 2 atom stereocenters. The van der Waals surface area contributed by atoms with Crippen molar-refractivity contribution in [1.29, 1.82) is 0 Å². The minimum Gasteiger partial charge on any atom is -0.412 e. The third-order valence-corrected chi connectivity index (χ3v) is 8.84. The summed E-state index contributed by atoms with van der Waals surface area (Å²) < 4.78 is 6.09. The molecule has 0 aromatic heterocycles. The fourth-order valence-electron chi connectivity index (χ4n) is 1.89. The fraction of sp³-hybridized carbons (Fsp3) is 0.643. The second-order valence-corrected chi connectivity index (χ2v) is 11.4. The highest BCUT2D eigenvalue weighted by Crippen LogP contribution is 2.39. The Hall–Kier alpha value is -0.673. The highest BCUT2D eigenvalue weighted by atomic mass is 28.4. The van der Waals surface area contributed by atoms with Crippen LogP contribution in [0.3, 0.4) is 0 Å². The number of Topliss-reactive ketones (excluding diaryl/α,β-unsaturated/α-hetero) is 1. The van der Waals surface area contributed by atoms with Crippen molar-refractivity contribution < 1.29 is 9.22 Å². The van der Waals surface area contributed by atoms with Gasteiger partial charge in [0.25, 0.3) is 0 Å². The predicted molar refractivity (Wildman–Crippen MR) is 72.4 cm³/mol. The Kier molecular flexibility index (Phi) is 2.95. The average molecular weight is 250 g/mol. The number of rotatable bonds is 3. The lowest BCUT2D eigenvalue weighted by Crippen LogP contribution is -2.41. The first kappa shape index (κ1) is 12.8. The maximum Gasteiger partial charge on any atom is 0.192 e. The van der Waals surface area contributed by atoms with Crippen molar-refractivity contribution in [3.8, 4) is 0 Å². The molecule has 0 aliphatic heterocycles. The molecule has 0 bridgehead atoms. The Morgan fingerprint density at radius 1 is 1.29 bits per heavy atom. The number of hydrogen-bond donors (Lipinski definition) is 0. The summed E-state index contributed by atoms with van der Waals surface area (Å²) >= 11 is 0. The van der Waals surface area contributed by atoms with Crippen molar-refractivity contribution in [2.24, 2.45) is 11.8 Å². The van der Waals surface area contributed by atoms with Gasteiger partial charge in [0.2, 0.25) is 0 Å². The van der Waals surface area contributed by atoms with Gasteiger partial charge >= 0.3 is 0 Å². The Labute approximate surface area is 105 Å². The van der Waals surface area contributed by atoms with Gasteiger partial charge in [-0.15, -0.1) is 0 Å². The van der Waals surface area contributed by atoms with Gasteiger partial charge in [0.15, 0.2) is 14.1 Å². The van der Waals surface area contributed by atoms with E-state index in [4.69, 9.17) is 4.43 Å². The first-order valence-electron chi connectivity index (χ1n) is 6.29. The van der Waals surface area contributed by atoms with E-state index in [1.807, 2.05) is 6.08 Å². The number of carbonyl (C=O) groups is 1. The van der Waals surface area contributed by atoms with Crippen LogP contribution in [0.1, 0.15) is 20.8 Å². The minimum absolute atomic E-state index is 0.132. The molecule has 0 aromatic carbocycles. The highest BCUT2D eigenvalue weighted by Gasteiger charge is 2.40. The van der Waals surface area contributed by atoms with E-state index in [1.165, 1.54) is 0 Å². The molecule has 94 valence electrons. The van der Waals surface area contributed by atoms with Gasteiger partial charge in [-0.05, 0) is 18.1 Å². The van der Waals surface area contributed by atoms with Crippen LogP contribution in [-0.2, 0) is 9.22 Å². The van der Waals surface area contributed by atoms with Crippen LogP contribution in [0, 0.1) is 11.8 Å². The van der Waals surface area contributed by atoms with E-state index >= 15 is 0 Å². The molecular formula is C14H22O2Si. The van der Waals surface area contributed by atoms with Crippen LogP contribution < -0.4 is 0 Å². The van der Waals surface area contributed by atoms with Crippen LogP contribution in [0.25, 0.3) is 0 Å². The number of allylic oxidation sites excluding steroid dienone is 3. The van der Waals surface area contributed by atoms with Gasteiger partial charge in [0.1, 0.15) is 0 Å². The number of fused-ring (bicyclic) bond motifs is 1. The standard InChI is InChI=1S/C14H22O2Si/c1-14(2,3)17(4,5)16-9-11-8-10-6-7-12(10)13(11)15/h6-8,10,12H,9H2,1-5H3. The quantitative estimate of drug-likeness (QED) is 0.567. The lowest BCUT2D eigenvalue weighted by Gasteiger charge is -2.36. The molecule has 2 unspecified atom stereocenters. The van der Waals surface area contributed by atoms with Crippen molar-refractivity contribution in [1.82, 2.24) is 0 Å². The summed E-state index contributed by atoms with van der Waals surface area (Å²) in [6.07, 6.45) is 6.19. The summed E-state index contributed by atoms with van der Waals surface area (Å²) in [4.78, 5) is 11.9. The fourth-order valence-corrected chi connectivity index (χ4v) is 2.84. The zero-order valence-electron chi connectivity index (χ0n) is 11.4. The normalized spacial score (nSPS) is 27.8. The number of ketones is 1. The molecule has 2 aliphatic carbocycles. The van der Waals surface area contributed by atoms with E-state index < -0.39 is 8.32 Å². The van der Waals surface area contributed by atoms with Crippen LogP contribution in [-0.4, -0.2) is 20.7 Å². The summed E-state index contributed by atoms with van der Waals surface area (Å²) in [6.45, 7) is 11.6. The first-order chi connectivity index (χ1) is 7.72. The molecule has 3 heteroatoms. The van der Waals surface area contributed by atoms with Gasteiger partial charge in [0, 0.05) is 17.4 Å². The predicted octanol–water partition coefficient (Wildman–Crippen LogP) is 3.32. The molecule has 0 saturated heterocycles. The highest BCUT2D eigenvalue weighted by molar-refractivity contribution is 6.74. The van der Waals surface area contributed by atoms with Crippen LogP contribution >= 0.6 is 0 Å². The van der Waals surface area contributed by atoms with Crippen molar-refractivity contribution in [3.05, 3.63) is 23.8 Å². The summed E-state index contributed by atoms with van der Waals surface area (Å²) in [5.41, 5.74) is 0.884. The van der Waals surface area contributed by atoms with E-state index in [9.17, 15) is 4.79 Å². The minimum atomic E-state index is -1.74. The largest absolute Gasteiger partial charge is 0.412 e. The first-order valence-corrected chi connectivity index (χ1v) is 9.20. The van der Waals surface area contributed by atoms with Gasteiger partial charge < -0.3 is 4.43 Å². The van der Waals surface area contributed by atoms with Crippen molar-refractivity contribution >= 4 is 14.1 Å². The molecule has 0 spiro atoms. The molecule has 2 rings (SSSR count). The number of carbonyl (C=O) groups excluding carboxylic acids is 1. The van der Waals surface area contributed by atoms with Crippen LogP contribution in [0.5, 0.6) is 0 Å². The van der Waals surface area contributed by atoms with E-state index in [0.717, 1.165) is 5.57 Å². The van der Waals surface area contributed by atoms with E-state index in [1.54, 1.807) is 0 Å². The lowest BCUT2D eigenvalue weighted by atomic mass is 9.84.